The topological polar surface area (TPSA) is 112 Å². The number of hydrogen-bond acceptors (Lipinski definition) is 3. The lowest BCUT2D eigenvalue weighted by Crippen LogP contribution is -2.07. The highest BCUT2D eigenvalue weighted by molar-refractivity contribution is 7.51. The Morgan fingerprint density at radius 1 is 1.39 bits per heavy atom. The minimum Gasteiger partial charge on any atom is -0.477 e. The van der Waals surface area contributed by atoms with E-state index in [9.17, 15) is 9.36 Å². The molecule has 0 radical (unpaired) electrons. The molecule has 3 N–H and O–H groups in total. The van der Waals surface area contributed by atoms with Crippen LogP contribution in [-0.2, 0) is 11.0 Å². The van der Waals surface area contributed by atoms with Gasteiger partial charge in [-0.15, -0.1) is 0 Å². The lowest BCUT2D eigenvalue weighted by atomic mass is 10.3. The third kappa shape index (κ3) is 2.59. The van der Waals surface area contributed by atoms with Gasteiger partial charge < -0.3 is 14.9 Å². The van der Waals surface area contributed by atoms with E-state index in [1.54, 1.807) is 18.2 Å². The average Bonchev–Trinajstić information content (AvgIpc) is 2.69. The lowest BCUT2D eigenvalue weighted by molar-refractivity contribution is 0.0689. The second-order valence-electron chi connectivity index (χ2n) is 3.80. The van der Waals surface area contributed by atoms with E-state index in [2.05, 4.69) is 4.98 Å². The molecule has 0 aliphatic heterocycles. The Balaban J connectivity index is 2.46. The third-order valence-corrected chi connectivity index (χ3v) is 3.29. The van der Waals surface area contributed by atoms with E-state index in [0.717, 1.165) is 0 Å². The smallest absolute Gasteiger partial charge is 0.354 e. The second kappa shape index (κ2) is 4.53. The summed E-state index contributed by atoms with van der Waals surface area (Å²) in [4.78, 5) is 32.6. The standard InChI is InChI=1S/C10H11N2O5P/c13-10(14)8-6-11-9-3-1-2-7(12(8)9)4-5-18(15,16)17/h1-3,6H,4-5H2,(H,13,14)(H2,15,16,17). The van der Waals surface area contributed by atoms with E-state index in [4.69, 9.17) is 14.9 Å². The Kier molecular flexibility index (Phi) is 3.21. The van der Waals surface area contributed by atoms with Crippen molar-refractivity contribution in [3.05, 3.63) is 35.8 Å². The number of aryl methyl sites for hydroxylation is 1. The van der Waals surface area contributed by atoms with Gasteiger partial charge in [-0.05, 0) is 18.6 Å². The predicted octanol–water partition coefficient (Wildman–Crippen LogP) is 0.753. The van der Waals surface area contributed by atoms with Crippen molar-refractivity contribution in [1.82, 2.24) is 9.38 Å². The number of carboxylic acid groups (broad SMARTS) is 1. The van der Waals surface area contributed by atoms with Gasteiger partial charge in [-0.25, -0.2) is 9.78 Å². The summed E-state index contributed by atoms with van der Waals surface area (Å²) in [5.41, 5.74) is 0.924. The number of carboxylic acids is 1. The summed E-state index contributed by atoms with van der Waals surface area (Å²) in [6.45, 7) is 0. The first kappa shape index (κ1) is 12.8. The van der Waals surface area contributed by atoms with Gasteiger partial charge in [0.25, 0.3) is 0 Å². The molecular formula is C10H11N2O5P. The summed E-state index contributed by atoms with van der Waals surface area (Å²) in [5.74, 6) is -1.13. The lowest BCUT2D eigenvalue weighted by Gasteiger charge is -2.08. The highest BCUT2D eigenvalue weighted by Crippen LogP contribution is 2.34. The molecule has 0 fully saturated rings. The van der Waals surface area contributed by atoms with Gasteiger partial charge in [-0.3, -0.25) is 8.97 Å². The fourth-order valence-corrected chi connectivity index (χ4v) is 2.23. The molecule has 2 aromatic rings. The molecule has 0 atom stereocenters. The molecule has 0 saturated heterocycles. The van der Waals surface area contributed by atoms with Crippen LogP contribution in [0.3, 0.4) is 0 Å². The van der Waals surface area contributed by atoms with Gasteiger partial charge in [0.2, 0.25) is 0 Å². The van der Waals surface area contributed by atoms with E-state index < -0.39 is 13.6 Å². The van der Waals surface area contributed by atoms with E-state index in [1.165, 1.54) is 10.6 Å². The van der Waals surface area contributed by atoms with Crippen molar-refractivity contribution in [2.45, 2.75) is 6.42 Å². The molecule has 2 heterocycles. The van der Waals surface area contributed by atoms with Gasteiger partial charge in [0, 0.05) is 5.69 Å². The highest BCUT2D eigenvalue weighted by Gasteiger charge is 2.17. The maximum atomic E-state index is 11.0. The van der Waals surface area contributed by atoms with Gasteiger partial charge in [0.1, 0.15) is 5.65 Å². The SMILES string of the molecule is O=C(O)c1cnc2cccc(CCP(=O)(O)O)n12. The van der Waals surface area contributed by atoms with Crippen LogP contribution in [0.2, 0.25) is 0 Å². The molecule has 0 amide bonds. The van der Waals surface area contributed by atoms with Crippen LogP contribution < -0.4 is 0 Å². The molecule has 96 valence electrons. The molecule has 18 heavy (non-hydrogen) atoms. The summed E-state index contributed by atoms with van der Waals surface area (Å²) in [7, 11) is -4.11. The van der Waals surface area contributed by atoms with Crippen LogP contribution in [0.1, 0.15) is 16.2 Å². The molecule has 2 aromatic heterocycles. The van der Waals surface area contributed by atoms with Crippen LogP contribution in [0.15, 0.2) is 24.4 Å². The van der Waals surface area contributed by atoms with Crippen LogP contribution in [0.5, 0.6) is 0 Å². The van der Waals surface area contributed by atoms with Crippen LogP contribution >= 0.6 is 7.60 Å². The number of imidazole rings is 1. The Bertz CT molecular complexity index is 645. The Labute approximate surface area is 102 Å². The van der Waals surface area contributed by atoms with Crippen LogP contribution in [0, 0.1) is 0 Å². The number of fused-ring (bicyclic) bond motifs is 1. The second-order valence-corrected chi connectivity index (χ2v) is 5.57. The van der Waals surface area contributed by atoms with E-state index >= 15 is 0 Å². The Morgan fingerprint density at radius 3 is 2.72 bits per heavy atom. The van der Waals surface area contributed by atoms with E-state index in [-0.39, 0.29) is 18.3 Å². The molecule has 0 saturated carbocycles. The number of aromatic carboxylic acids is 1. The quantitative estimate of drug-likeness (QED) is 0.707. The maximum absolute atomic E-state index is 11.0. The van der Waals surface area contributed by atoms with Crippen LogP contribution in [-0.4, -0.2) is 36.4 Å². The molecule has 7 nitrogen and oxygen atoms in total. The molecule has 0 unspecified atom stereocenters. The molecular weight excluding hydrogens is 259 g/mol. The molecule has 0 aromatic carbocycles. The monoisotopic (exact) mass is 270 g/mol. The van der Waals surface area contributed by atoms with E-state index in [1.807, 2.05) is 0 Å². The minimum absolute atomic E-state index is 0.0219. The van der Waals surface area contributed by atoms with Gasteiger partial charge in [-0.1, -0.05) is 6.07 Å². The van der Waals surface area contributed by atoms with Gasteiger partial charge in [0.05, 0.1) is 12.4 Å². The summed E-state index contributed by atoms with van der Waals surface area (Å²) in [6, 6.07) is 4.92. The van der Waals surface area contributed by atoms with Crippen LogP contribution in [0.25, 0.3) is 5.65 Å². The van der Waals surface area contributed by atoms with E-state index in [0.29, 0.717) is 11.3 Å². The zero-order valence-electron chi connectivity index (χ0n) is 9.22. The molecule has 8 heteroatoms. The summed E-state index contributed by atoms with van der Waals surface area (Å²) >= 11 is 0. The van der Waals surface area contributed by atoms with Crippen molar-refractivity contribution < 1.29 is 24.3 Å². The van der Waals surface area contributed by atoms with Gasteiger partial charge in [-0.2, -0.15) is 0 Å². The average molecular weight is 270 g/mol. The summed E-state index contributed by atoms with van der Waals surface area (Å²) in [5, 5.41) is 9.01. The number of carbonyl (C=O) groups is 1. The molecule has 2 rings (SSSR count). The molecule has 0 bridgehead atoms. The maximum Gasteiger partial charge on any atom is 0.354 e. The number of nitrogens with zero attached hydrogens (tertiary/aromatic N) is 2. The van der Waals surface area contributed by atoms with Crippen molar-refractivity contribution in [2.75, 3.05) is 6.16 Å². The Hall–Kier alpha value is -1.69. The van der Waals surface area contributed by atoms with Gasteiger partial charge in [0.15, 0.2) is 5.69 Å². The van der Waals surface area contributed by atoms with Crippen molar-refractivity contribution in [2.24, 2.45) is 0 Å². The zero-order valence-corrected chi connectivity index (χ0v) is 10.1. The minimum atomic E-state index is -4.11. The number of pyridine rings is 1. The normalized spacial score (nSPS) is 11.9. The van der Waals surface area contributed by atoms with Crippen molar-refractivity contribution in [3.8, 4) is 0 Å². The Morgan fingerprint density at radius 2 is 2.11 bits per heavy atom. The first-order valence-corrected chi connectivity index (χ1v) is 6.91. The first-order chi connectivity index (χ1) is 8.38. The first-order valence-electron chi connectivity index (χ1n) is 5.12. The fourth-order valence-electron chi connectivity index (χ4n) is 1.71. The largest absolute Gasteiger partial charge is 0.477 e. The molecule has 0 aliphatic rings. The summed E-state index contributed by atoms with van der Waals surface area (Å²) in [6.07, 6.45) is 0.972. The summed E-state index contributed by atoms with van der Waals surface area (Å²) < 4.78 is 12.2. The number of aromatic nitrogens is 2. The third-order valence-electron chi connectivity index (χ3n) is 2.49. The zero-order chi connectivity index (χ0) is 13.3. The molecule has 0 spiro atoms. The van der Waals surface area contributed by atoms with Crippen molar-refractivity contribution in [3.63, 3.8) is 0 Å². The van der Waals surface area contributed by atoms with Crippen molar-refractivity contribution in [1.29, 1.82) is 0 Å². The predicted molar refractivity (Wildman–Crippen MR) is 62.8 cm³/mol. The van der Waals surface area contributed by atoms with Crippen molar-refractivity contribution >= 4 is 19.2 Å². The van der Waals surface area contributed by atoms with Crippen LogP contribution in [0.4, 0.5) is 0 Å². The number of rotatable bonds is 4. The number of hydrogen-bond donors (Lipinski definition) is 3. The highest BCUT2D eigenvalue weighted by atomic mass is 31.2. The van der Waals surface area contributed by atoms with Gasteiger partial charge >= 0.3 is 13.6 Å². The fraction of sp³-hybridized carbons (Fsp3) is 0.200. The molecule has 0 aliphatic carbocycles.